The summed E-state index contributed by atoms with van der Waals surface area (Å²) in [5.74, 6) is -0.0786. The second-order valence-corrected chi connectivity index (χ2v) is 7.06. The van der Waals surface area contributed by atoms with E-state index in [0.717, 1.165) is 11.1 Å². The van der Waals surface area contributed by atoms with Gasteiger partial charge in [-0.05, 0) is 42.3 Å². The minimum Gasteiger partial charge on any atom is -0.486 e. The van der Waals surface area contributed by atoms with Gasteiger partial charge < -0.3 is 19.7 Å². The summed E-state index contributed by atoms with van der Waals surface area (Å²) in [5.41, 5.74) is 1.88. The van der Waals surface area contributed by atoms with Gasteiger partial charge in [0, 0.05) is 19.5 Å². The van der Waals surface area contributed by atoms with Crippen LogP contribution in [-0.2, 0) is 16.1 Å². The van der Waals surface area contributed by atoms with Crippen molar-refractivity contribution in [2.75, 3.05) is 24.7 Å². The fraction of sp³-hybridized carbons (Fsp3) is 0.333. The van der Waals surface area contributed by atoms with Crippen molar-refractivity contribution in [2.45, 2.75) is 19.9 Å². The minimum absolute atomic E-state index is 0.0697. The SMILES string of the molecule is Cc1ccc(N2CC(C(=O)NCc3ccc4c(c3)OCCO4)CC2=O)c(F)c1. The van der Waals surface area contributed by atoms with Gasteiger partial charge >= 0.3 is 0 Å². The molecule has 1 saturated heterocycles. The van der Waals surface area contributed by atoms with Crippen molar-refractivity contribution in [3.05, 3.63) is 53.3 Å². The van der Waals surface area contributed by atoms with E-state index in [0.29, 0.717) is 31.3 Å². The number of halogens is 1. The largest absolute Gasteiger partial charge is 0.486 e. The molecule has 4 rings (SSSR count). The second kappa shape index (κ2) is 7.50. The number of ether oxygens (including phenoxy) is 2. The summed E-state index contributed by atoms with van der Waals surface area (Å²) in [6.45, 7) is 3.30. The first-order chi connectivity index (χ1) is 13.5. The number of carbonyl (C=O) groups is 2. The number of hydrogen-bond donors (Lipinski definition) is 1. The van der Waals surface area contributed by atoms with Gasteiger partial charge in [0.15, 0.2) is 11.5 Å². The quantitative estimate of drug-likeness (QED) is 0.880. The lowest BCUT2D eigenvalue weighted by molar-refractivity contribution is -0.126. The molecule has 2 aromatic carbocycles. The van der Waals surface area contributed by atoms with E-state index in [1.165, 1.54) is 11.0 Å². The first-order valence-corrected chi connectivity index (χ1v) is 9.24. The van der Waals surface area contributed by atoms with Gasteiger partial charge in [0.05, 0.1) is 11.6 Å². The van der Waals surface area contributed by atoms with Crippen LogP contribution in [0.15, 0.2) is 36.4 Å². The zero-order valence-electron chi connectivity index (χ0n) is 15.5. The molecule has 0 saturated carbocycles. The van der Waals surface area contributed by atoms with Crippen LogP contribution < -0.4 is 19.7 Å². The molecule has 2 aromatic rings. The number of carbonyl (C=O) groups excluding carboxylic acids is 2. The second-order valence-electron chi connectivity index (χ2n) is 7.06. The third kappa shape index (κ3) is 3.65. The lowest BCUT2D eigenvalue weighted by atomic mass is 10.1. The zero-order chi connectivity index (χ0) is 19.7. The van der Waals surface area contributed by atoms with E-state index in [2.05, 4.69) is 5.32 Å². The van der Waals surface area contributed by atoms with Crippen molar-refractivity contribution in [1.82, 2.24) is 5.32 Å². The number of anilines is 1. The van der Waals surface area contributed by atoms with E-state index >= 15 is 0 Å². The molecule has 6 nitrogen and oxygen atoms in total. The highest BCUT2D eigenvalue weighted by Gasteiger charge is 2.36. The summed E-state index contributed by atoms with van der Waals surface area (Å²) < 4.78 is 25.2. The first kappa shape index (κ1) is 18.3. The van der Waals surface area contributed by atoms with Gasteiger partial charge in [-0.25, -0.2) is 4.39 Å². The van der Waals surface area contributed by atoms with Crippen molar-refractivity contribution in [2.24, 2.45) is 5.92 Å². The molecule has 2 aliphatic rings. The Morgan fingerprint density at radius 3 is 2.75 bits per heavy atom. The molecule has 2 aliphatic heterocycles. The average molecular weight is 384 g/mol. The number of benzene rings is 2. The van der Waals surface area contributed by atoms with E-state index in [4.69, 9.17) is 9.47 Å². The molecule has 0 bridgehead atoms. The predicted octanol–water partition coefficient (Wildman–Crippen LogP) is 2.57. The lowest BCUT2D eigenvalue weighted by Crippen LogP contribution is -2.32. The Bertz CT molecular complexity index is 931. The van der Waals surface area contributed by atoms with Gasteiger partial charge in [0.2, 0.25) is 11.8 Å². The number of hydrogen-bond acceptors (Lipinski definition) is 4. The lowest BCUT2D eigenvalue weighted by Gasteiger charge is -2.19. The van der Waals surface area contributed by atoms with Crippen LogP contribution >= 0.6 is 0 Å². The fourth-order valence-electron chi connectivity index (χ4n) is 3.48. The summed E-state index contributed by atoms with van der Waals surface area (Å²) in [5, 5.41) is 2.86. The molecule has 2 amide bonds. The highest BCUT2D eigenvalue weighted by molar-refractivity contribution is 6.00. The van der Waals surface area contributed by atoms with Crippen molar-refractivity contribution < 1.29 is 23.5 Å². The third-order valence-corrected chi connectivity index (χ3v) is 4.96. The molecule has 1 N–H and O–H groups in total. The number of nitrogens with zero attached hydrogens (tertiary/aromatic N) is 1. The van der Waals surface area contributed by atoms with Gasteiger partial charge in [0.25, 0.3) is 0 Å². The molecule has 0 spiro atoms. The first-order valence-electron chi connectivity index (χ1n) is 9.24. The molecule has 28 heavy (non-hydrogen) atoms. The number of rotatable bonds is 4. The molecule has 1 unspecified atom stereocenters. The zero-order valence-corrected chi connectivity index (χ0v) is 15.5. The molecule has 0 radical (unpaired) electrons. The molecule has 0 aromatic heterocycles. The summed E-state index contributed by atoms with van der Waals surface area (Å²) >= 11 is 0. The van der Waals surface area contributed by atoms with Crippen LogP contribution in [0.2, 0.25) is 0 Å². The highest BCUT2D eigenvalue weighted by Crippen LogP contribution is 2.31. The van der Waals surface area contributed by atoms with Gasteiger partial charge in [-0.15, -0.1) is 0 Å². The van der Waals surface area contributed by atoms with Crippen molar-refractivity contribution >= 4 is 17.5 Å². The molecule has 0 aliphatic carbocycles. The molecule has 1 fully saturated rings. The van der Waals surface area contributed by atoms with Crippen LogP contribution in [0.25, 0.3) is 0 Å². The van der Waals surface area contributed by atoms with Crippen molar-refractivity contribution in [1.29, 1.82) is 0 Å². The van der Waals surface area contributed by atoms with Crippen LogP contribution in [0.3, 0.4) is 0 Å². The standard InChI is InChI=1S/C21H21FN2O4/c1-13-2-4-17(16(22)8-13)24-12-15(10-20(24)25)21(26)23-11-14-3-5-18-19(9-14)28-7-6-27-18/h2-5,8-9,15H,6-7,10-12H2,1H3,(H,23,26). The third-order valence-electron chi connectivity index (χ3n) is 4.96. The Balaban J connectivity index is 1.38. The topological polar surface area (TPSA) is 67.9 Å². The van der Waals surface area contributed by atoms with E-state index < -0.39 is 11.7 Å². The number of fused-ring (bicyclic) bond motifs is 1. The van der Waals surface area contributed by atoms with E-state index in [-0.39, 0.29) is 30.5 Å². The van der Waals surface area contributed by atoms with E-state index in [1.54, 1.807) is 19.1 Å². The summed E-state index contributed by atoms with van der Waals surface area (Å²) in [4.78, 5) is 26.2. The van der Waals surface area contributed by atoms with Crippen molar-refractivity contribution in [3.8, 4) is 11.5 Å². The maximum Gasteiger partial charge on any atom is 0.227 e. The van der Waals surface area contributed by atoms with Gasteiger partial charge in [-0.3, -0.25) is 9.59 Å². The number of nitrogens with one attached hydrogen (secondary N) is 1. The van der Waals surface area contributed by atoms with Crippen LogP contribution in [0.4, 0.5) is 10.1 Å². The summed E-state index contributed by atoms with van der Waals surface area (Å²) in [6, 6.07) is 10.2. The smallest absolute Gasteiger partial charge is 0.227 e. The normalized spacial score (nSPS) is 18.3. The average Bonchev–Trinajstić information content (AvgIpc) is 3.07. The molecule has 7 heteroatoms. The Morgan fingerprint density at radius 1 is 1.18 bits per heavy atom. The van der Waals surface area contributed by atoms with Crippen LogP contribution in [0.1, 0.15) is 17.5 Å². The Kier molecular flexibility index (Phi) is 4.90. The van der Waals surface area contributed by atoms with Gasteiger partial charge in [-0.2, -0.15) is 0 Å². The van der Waals surface area contributed by atoms with E-state index in [9.17, 15) is 14.0 Å². The van der Waals surface area contributed by atoms with Crippen LogP contribution in [0, 0.1) is 18.7 Å². The van der Waals surface area contributed by atoms with Crippen LogP contribution in [-0.4, -0.2) is 31.6 Å². The summed E-state index contributed by atoms with van der Waals surface area (Å²) in [6.07, 6.45) is 0.0697. The molecule has 2 heterocycles. The Labute approximate surface area is 162 Å². The van der Waals surface area contributed by atoms with Gasteiger partial charge in [0.1, 0.15) is 19.0 Å². The molecule has 146 valence electrons. The van der Waals surface area contributed by atoms with Crippen LogP contribution in [0.5, 0.6) is 11.5 Å². The predicted molar refractivity (Wildman–Crippen MR) is 101 cm³/mol. The number of aryl methyl sites for hydroxylation is 1. The van der Waals surface area contributed by atoms with E-state index in [1.807, 2.05) is 18.2 Å². The summed E-state index contributed by atoms with van der Waals surface area (Å²) in [7, 11) is 0. The fourth-order valence-corrected chi connectivity index (χ4v) is 3.48. The maximum atomic E-state index is 14.2. The minimum atomic E-state index is -0.509. The monoisotopic (exact) mass is 384 g/mol. The maximum absolute atomic E-state index is 14.2. The molecule has 1 atom stereocenters. The highest BCUT2D eigenvalue weighted by atomic mass is 19.1. The molecular formula is C21H21FN2O4. The Hall–Kier alpha value is -3.09. The number of amides is 2. The molecular weight excluding hydrogens is 363 g/mol. The Morgan fingerprint density at radius 2 is 1.96 bits per heavy atom. The van der Waals surface area contributed by atoms with Gasteiger partial charge in [-0.1, -0.05) is 12.1 Å². The van der Waals surface area contributed by atoms with Crippen molar-refractivity contribution in [3.63, 3.8) is 0 Å².